The fourth-order valence-corrected chi connectivity index (χ4v) is 1.72. The number of hydrogen-bond acceptors (Lipinski definition) is 2. The first kappa shape index (κ1) is 11.8. The first-order valence-corrected chi connectivity index (χ1v) is 5.88. The minimum atomic E-state index is 0.719. The fraction of sp³-hybridized carbons (Fsp3) is 0.143. The molecule has 0 aliphatic heterocycles. The highest BCUT2D eigenvalue weighted by Crippen LogP contribution is 2.17. The lowest BCUT2D eigenvalue weighted by molar-refractivity contribution is 1.32. The van der Waals surface area contributed by atoms with E-state index in [1.807, 2.05) is 30.3 Å². The molecule has 2 N–H and O–H groups in total. The van der Waals surface area contributed by atoms with Crippen LogP contribution in [0.25, 0.3) is 0 Å². The first-order valence-electron chi connectivity index (χ1n) is 5.50. The summed E-state index contributed by atoms with van der Waals surface area (Å²) in [5.41, 5.74) is 10.8. The summed E-state index contributed by atoms with van der Waals surface area (Å²) in [6.07, 6.45) is 0. The Kier molecular flexibility index (Phi) is 3.55. The SMILES string of the molecule is Cc1ccc(NNc2cccc(Cl)c2)cc1C. The zero-order valence-electron chi connectivity index (χ0n) is 9.92. The van der Waals surface area contributed by atoms with Crippen molar-refractivity contribution < 1.29 is 0 Å². The Balaban J connectivity index is 2.05. The molecule has 2 rings (SSSR count). The second-order valence-electron chi connectivity index (χ2n) is 4.06. The van der Waals surface area contributed by atoms with E-state index in [0.717, 1.165) is 16.4 Å². The normalized spacial score (nSPS) is 10.1. The third kappa shape index (κ3) is 3.14. The molecule has 0 radical (unpaired) electrons. The predicted molar refractivity (Wildman–Crippen MR) is 74.6 cm³/mol. The van der Waals surface area contributed by atoms with Gasteiger partial charge in [-0.2, -0.15) is 0 Å². The van der Waals surface area contributed by atoms with E-state index < -0.39 is 0 Å². The molecule has 2 aromatic carbocycles. The molecule has 0 bridgehead atoms. The molecule has 0 heterocycles. The molecule has 2 nitrogen and oxygen atoms in total. The monoisotopic (exact) mass is 246 g/mol. The van der Waals surface area contributed by atoms with Gasteiger partial charge >= 0.3 is 0 Å². The molecule has 0 aliphatic carbocycles. The van der Waals surface area contributed by atoms with Crippen molar-refractivity contribution in [3.05, 3.63) is 58.6 Å². The Hall–Kier alpha value is -1.67. The highest BCUT2D eigenvalue weighted by Gasteiger charge is 1.96. The Morgan fingerprint density at radius 3 is 2.18 bits per heavy atom. The highest BCUT2D eigenvalue weighted by atomic mass is 35.5. The molecule has 0 unspecified atom stereocenters. The van der Waals surface area contributed by atoms with Crippen molar-refractivity contribution in [2.75, 3.05) is 10.9 Å². The Labute approximate surface area is 107 Å². The maximum absolute atomic E-state index is 5.90. The van der Waals surface area contributed by atoms with Gasteiger partial charge < -0.3 is 10.9 Å². The Morgan fingerprint density at radius 2 is 1.53 bits per heavy atom. The highest BCUT2D eigenvalue weighted by molar-refractivity contribution is 6.30. The minimum Gasteiger partial charge on any atom is -0.301 e. The molecule has 0 atom stereocenters. The molecule has 0 saturated carbocycles. The molecule has 0 aromatic heterocycles. The molecule has 0 spiro atoms. The third-order valence-electron chi connectivity index (χ3n) is 2.68. The summed E-state index contributed by atoms with van der Waals surface area (Å²) in [5, 5.41) is 0.719. The van der Waals surface area contributed by atoms with Crippen LogP contribution < -0.4 is 10.9 Å². The van der Waals surface area contributed by atoms with Gasteiger partial charge in [0, 0.05) is 5.02 Å². The van der Waals surface area contributed by atoms with Crippen LogP contribution in [-0.2, 0) is 0 Å². The van der Waals surface area contributed by atoms with Gasteiger partial charge in [0.1, 0.15) is 0 Å². The molecular formula is C14H15ClN2. The van der Waals surface area contributed by atoms with E-state index in [4.69, 9.17) is 11.6 Å². The molecule has 3 heteroatoms. The number of hydrogen-bond donors (Lipinski definition) is 2. The summed E-state index contributed by atoms with van der Waals surface area (Å²) < 4.78 is 0. The number of halogens is 1. The largest absolute Gasteiger partial charge is 0.301 e. The van der Waals surface area contributed by atoms with E-state index in [-0.39, 0.29) is 0 Å². The van der Waals surface area contributed by atoms with Gasteiger partial charge in [-0.25, -0.2) is 0 Å². The third-order valence-corrected chi connectivity index (χ3v) is 2.92. The Bertz CT molecular complexity index is 523. The number of benzene rings is 2. The van der Waals surface area contributed by atoms with E-state index in [1.165, 1.54) is 11.1 Å². The number of rotatable bonds is 3. The van der Waals surface area contributed by atoms with Crippen LogP contribution in [0, 0.1) is 13.8 Å². The van der Waals surface area contributed by atoms with Gasteiger partial charge in [0.05, 0.1) is 11.4 Å². The number of anilines is 2. The average Bonchev–Trinajstić information content (AvgIpc) is 2.31. The topological polar surface area (TPSA) is 24.1 Å². The van der Waals surface area contributed by atoms with Crippen molar-refractivity contribution >= 4 is 23.0 Å². The second kappa shape index (κ2) is 5.11. The van der Waals surface area contributed by atoms with Crippen LogP contribution in [0.4, 0.5) is 11.4 Å². The van der Waals surface area contributed by atoms with Gasteiger partial charge in [-0.15, -0.1) is 0 Å². The predicted octanol–water partition coefficient (Wildman–Crippen LogP) is 4.40. The van der Waals surface area contributed by atoms with Crippen LogP contribution in [-0.4, -0.2) is 0 Å². The maximum Gasteiger partial charge on any atom is 0.0554 e. The van der Waals surface area contributed by atoms with Crippen LogP contribution in [0.1, 0.15) is 11.1 Å². The van der Waals surface area contributed by atoms with E-state index in [1.54, 1.807) is 0 Å². The summed E-state index contributed by atoms with van der Waals surface area (Å²) in [4.78, 5) is 0. The van der Waals surface area contributed by atoms with Crippen molar-refractivity contribution in [1.82, 2.24) is 0 Å². The lowest BCUT2D eigenvalue weighted by atomic mass is 10.1. The van der Waals surface area contributed by atoms with Gasteiger partial charge in [0.2, 0.25) is 0 Å². The standard InChI is InChI=1S/C14H15ClN2/c1-10-6-7-14(8-11(10)2)17-16-13-5-3-4-12(15)9-13/h3-9,16-17H,1-2H3. The summed E-state index contributed by atoms with van der Waals surface area (Å²) in [7, 11) is 0. The number of nitrogens with one attached hydrogen (secondary N) is 2. The van der Waals surface area contributed by atoms with E-state index in [9.17, 15) is 0 Å². The molecule has 17 heavy (non-hydrogen) atoms. The van der Waals surface area contributed by atoms with Crippen molar-refractivity contribution in [3.63, 3.8) is 0 Å². The molecule has 0 amide bonds. The summed E-state index contributed by atoms with van der Waals surface area (Å²) >= 11 is 5.90. The number of hydrazine groups is 1. The van der Waals surface area contributed by atoms with Crippen LogP contribution in [0.15, 0.2) is 42.5 Å². The minimum absolute atomic E-state index is 0.719. The second-order valence-corrected chi connectivity index (χ2v) is 4.50. The van der Waals surface area contributed by atoms with Gasteiger partial charge in [-0.05, 0) is 55.3 Å². The van der Waals surface area contributed by atoms with Crippen LogP contribution >= 0.6 is 11.6 Å². The molecular weight excluding hydrogens is 232 g/mol. The first-order chi connectivity index (χ1) is 8.15. The van der Waals surface area contributed by atoms with Gasteiger partial charge in [-0.1, -0.05) is 23.7 Å². The fourth-order valence-electron chi connectivity index (χ4n) is 1.53. The van der Waals surface area contributed by atoms with Crippen molar-refractivity contribution in [2.24, 2.45) is 0 Å². The van der Waals surface area contributed by atoms with Crippen molar-refractivity contribution in [2.45, 2.75) is 13.8 Å². The molecule has 0 fully saturated rings. The Morgan fingerprint density at radius 1 is 0.824 bits per heavy atom. The van der Waals surface area contributed by atoms with Crippen molar-refractivity contribution in [3.8, 4) is 0 Å². The lowest BCUT2D eigenvalue weighted by Crippen LogP contribution is -2.08. The molecule has 0 saturated heterocycles. The van der Waals surface area contributed by atoms with E-state index in [2.05, 4.69) is 36.8 Å². The lowest BCUT2D eigenvalue weighted by Gasteiger charge is -2.11. The quantitative estimate of drug-likeness (QED) is 0.785. The average molecular weight is 247 g/mol. The summed E-state index contributed by atoms with van der Waals surface area (Å²) in [5.74, 6) is 0. The maximum atomic E-state index is 5.90. The summed E-state index contributed by atoms with van der Waals surface area (Å²) in [6, 6.07) is 13.8. The molecule has 88 valence electrons. The zero-order valence-corrected chi connectivity index (χ0v) is 10.7. The van der Waals surface area contributed by atoms with Crippen LogP contribution in [0.2, 0.25) is 5.02 Å². The zero-order chi connectivity index (χ0) is 12.3. The van der Waals surface area contributed by atoms with Crippen molar-refractivity contribution in [1.29, 1.82) is 0 Å². The molecule has 2 aromatic rings. The van der Waals surface area contributed by atoms with Gasteiger partial charge in [0.25, 0.3) is 0 Å². The van der Waals surface area contributed by atoms with E-state index >= 15 is 0 Å². The smallest absolute Gasteiger partial charge is 0.0554 e. The molecule has 0 aliphatic rings. The van der Waals surface area contributed by atoms with Gasteiger partial charge in [-0.3, -0.25) is 0 Å². The number of aryl methyl sites for hydroxylation is 2. The summed E-state index contributed by atoms with van der Waals surface area (Å²) in [6.45, 7) is 4.20. The van der Waals surface area contributed by atoms with Gasteiger partial charge in [0.15, 0.2) is 0 Å². The van der Waals surface area contributed by atoms with E-state index in [0.29, 0.717) is 0 Å². The van der Waals surface area contributed by atoms with Crippen LogP contribution in [0.3, 0.4) is 0 Å². The van der Waals surface area contributed by atoms with Crippen LogP contribution in [0.5, 0.6) is 0 Å².